The Morgan fingerprint density at radius 3 is 2.67 bits per heavy atom. The van der Waals surface area contributed by atoms with Crippen LogP contribution in [0.25, 0.3) is 0 Å². The summed E-state index contributed by atoms with van der Waals surface area (Å²) in [6.07, 6.45) is 1.34. The molecule has 0 radical (unpaired) electrons. The van der Waals surface area contributed by atoms with Gasteiger partial charge < -0.3 is 10.6 Å². The van der Waals surface area contributed by atoms with Crippen LogP contribution in [0.3, 0.4) is 0 Å². The maximum atomic E-state index is 3.61. The van der Waals surface area contributed by atoms with Crippen LogP contribution in [-0.4, -0.2) is 50.2 Å². The van der Waals surface area contributed by atoms with Crippen LogP contribution in [0.1, 0.15) is 27.2 Å². The maximum absolute atomic E-state index is 3.61. The Kier molecular flexibility index (Phi) is 5.58. The first kappa shape index (κ1) is 12.9. The molecular formula is C12H27N3. The minimum Gasteiger partial charge on any atom is -0.318 e. The number of likely N-dealkylation sites (N-methyl/N-ethyl adjacent to an activating group) is 1. The number of nitrogens with zero attached hydrogens (tertiary/aromatic N) is 1. The van der Waals surface area contributed by atoms with Gasteiger partial charge in [-0.25, -0.2) is 0 Å². The quantitative estimate of drug-likeness (QED) is 0.687. The highest BCUT2D eigenvalue weighted by Crippen LogP contribution is 2.14. The molecule has 1 aliphatic rings. The molecule has 90 valence electrons. The predicted octanol–water partition coefficient (Wildman–Crippen LogP) is 0.914. The average Bonchev–Trinajstić information content (AvgIpc) is 2.58. The van der Waals surface area contributed by atoms with Gasteiger partial charge in [0.1, 0.15) is 0 Å². The van der Waals surface area contributed by atoms with Gasteiger partial charge in [-0.05, 0) is 39.8 Å². The van der Waals surface area contributed by atoms with Crippen molar-refractivity contribution in [3.05, 3.63) is 0 Å². The first-order chi connectivity index (χ1) is 7.13. The highest BCUT2D eigenvalue weighted by molar-refractivity contribution is 4.82. The summed E-state index contributed by atoms with van der Waals surface area (Å²) >= 11 is 0. The fourth-order valence-corrected chi connectivity index (χ4v) is 2.26. The van der Waals surface area contributed by atoms with Gasteiger partial charge in [-0.2, -0.15) is 0 Å². The molecule has 0 aromatic heterocycles. The molecule has 3 nitrogen and oxygen atoms in total. The normalized spacial score (nSPS) is 26.8. The van der Waals surface area contributed by atoms with Gasteiger partial charge in [-0.3, -0.25) is 4.90 Å². The molecule has 0 saturated carbocycles. The summed E-state index contributed by atoms with van der Waals surface area (Å²) in [6.45, 7) is 11.5. The first-order valence-electron chi connectivity index (χ1n) is 6.25. The van der Waals surface area contributed by atoms with Gasteiger partial charge in [0.25, 0.3) is 0 Å². The Morgan fingerprint density at radius 2 is 2.20 bits per heavy atom. The third-order valence-electron chi connectivity index (χ3n) is 3.28. The number of hydrogen-bond donors (Lipinski definition) is 2. The van der Waals surface area contributed by atoms with Crippen molar-refractivity contribution in [3.8, 4) is 0 Å². The molecular weight excluding hydrogens is 186 g/mol. The summed E-state index contributed by atoms with van der Waals surface area (Å²) in [5.41, 5.74) is 0. The second-order valence-electron chi connectivity index (χ2n) is 5.14. The largest absolute Gasteiger partial charge is 0.318 e. The molecule has 0 aromatic rings. The molecule has 2 N–H and O–H groups in total. The van der Waals surface area contributed by atoms with Gasteiger partial charge in [-0.1, -0.05) is 6.92 Å². The summed E-state index contributed by atoms with van der Waals surface area (Å²) in [7, 11) is 2.02. The third-order valence-corrected chi connectivity index (χ3v) is 3.28. The molecule has 0 aromatic carbocycles. The van der Waals surface area contributed by atoms with E-state index < -0.39 is 0 Å². The topological polar surface area (TPSA) is 27.3 Å². The van der Waals surface area contributed by atoms with Gasteiger partial charge in [0.05, 0.1) is 0 Å². The van der Waals surface area contributed by atoms with Crippen LogP contribution in [0.4, 0.5) is 0 Å². The SMILES string of the molecule is CNCCN(CC1CC(C)CN1)C(C)C. The van der Waals surface area contributed by atoms with E-state index in [4.69, 9.17) is 0 Å². The summed E-state index contributed by atoms with van der Waals surface area (Å²) in [5.74, 6) is 0.855. The lowest BCUT2D eigenvalue weighted by molar-refractivity contribution is 0.203. The maximum Gasteiger partial charge on any atom is 0.0198 e. The zero-order valence-electron chi connectivity index (χ0n) is 10.7. The number of nitrogens with one attached hydrogen (secondary N) is 2. The van der Waals surface area contributed by atoms with Crippen LogP contribution in [0.15, 0.2) is 0 Å². The smallest absolute Gasteiger partial charge is 0.0198 e. The fraction of sp³-hybridized carbons (Fsp3) is 1.00. The van der Waals surface area contributed by atoms with Crippen molar-refractivity contribution in [1.82, 2.24) is 15.5 Å². The van der Waals surface area contributed by atoms with Gasteiger partial charge in [0.2, 0.25) is 0 Å². The van der Waals surface area contributed by atoms with Crippen molar-refractivity contribution in [2.24, 2.45) is 5.92 Å². The Bertz CT molecular complexity index is 170. The van der Waals surface area contributed by atoms with E-state index in [1.165, 1.54) is 19.5 Å². The van der Waals surface area contributed by atoms with E-state index in [2.05, 4.69) is 36.3 Å². The Hall–Kier alpha value is -0.120. The van der Waals surface area contributed by atoms with Crippen molar-refractivity contribution >= 4 is 0 Å². The average molecular weight is 213 g/mol. The molecule has 15 heavy (non-hydrogen) atoms. The van der Waals surface area contributed by atoms with Crippen LogP contribution in [0, 0.1) is 5.92 Å². The molecule has 1 heterocycles. The Morgan fingerprint density at radius 1 is 1.47 bits per heavy atom. The van der Waals surface area contributed by atoms with Crippen molar-refractivity contribution in [2.75, 3.05) is 33.2 Å². The van der Waals surface area contributed by atoms with E-state index in [0.29, 0.717) is 12.1 Å². The standard InChI is InChI=1S/C12H27N3/c1-10(2)15(6-5-13-4)9-12-7-11(3)8-14-12/h10-14H,5-9H2,1-4H3. The van der Waals surface area contributed by atoms with E-state index in [1.807, 2.05) is 7.05 Å². The molecule has 0 aliphatic carbocycles. The number of hydrogen-bond acceptors (Lipinski definition) is 3. The lowest BCUT2D eigenvalue weighted by Gasteiger charge is -2.29. The second kappa shape index (κ2) is 6.46. The Labute approximate surface area is 94.6 Å². The van der Waals surface area contributed by atoms with Crippen LogP contribution in [0.2, 0.25) is 0 Å². The van der Waals surface area contributed by atoms with E-state index >= 15 is 0 Å². The van der Waals surface area contributed by atoms with E-state index in [1.54, 1.807) is 0 Å². The second-order valence-corrected chi connectivity index (χ2v) is 5.14. The molecule has 1 rings (SSSR count). The van der Waals surface area contributed by atoms with E-state index in [9.17, 15) is 0 Å². The zero-order chi connectivity index (χ0) is 11.3. The van der Waals surface area contributed by atoms with E-state index in [-0.39, 0.29) is 0 Å². The minimum atomic E-state index is 0.649. The molecule has 0 amide bonds. The van der Waals surface area contributed by atoms with Crippen molar-refractivity contribution < 1.29 is 0 Å². The highest BCUT2D eigenvalue weighted by atomic mass is 15.2. The van der Waals surface area contributed by atoms with Gasteiger partial charge in [0.15, 0.2) is 0 Å². The molecule has 0 bridgehead atoms. The predicted molar refractivity (Wildman–Crippen MR) is 66.2 cm³/mol. The van der Waals surface area contributed by atoms with Crippen molar-refractivity contribution in [3.63, 3.8) is 0 Å². The Balaban J connectivity index is 2.30. The van der Waals surface area contributed by atoms with Gasteiger partial charge >= 0.3 is 0 Å². The first-order valence-corrected chi connectivity index (χ1v) is 6.25. The molecule has 1 fully saturated rings. The monoisotopic (exact) mass is 213 g/mol. The molecule has 0 spiro atoms. The van der Waals surface area contributed by atoms with Crippen molar-refractivity contribution in [1.29, 1.82) is 0 Å². The summed E-state index contributed by atoms with van der Waals surface area (Å²) in [4.78, 5) is 2.56. The minimum absolute atomic E-state index is 0.649. The van der Waals surface area contributed by atoms with Crippen LogP contribution in [-0.2, 0) is 0 Å². The lowest BCUT2D eigenvalue weighted by Crippen LogP contribution is -2.43. The lowest BCUT2D eigenvalue weighted by atomic mass is 10.1. The molecule has 3 heteroatoms. The summed E-state index contributed by atoms with van der Waals surface area (Å²) < 4.78 is 0. The zero-order valence-corrected chi connectivity index (χ0v) is 10.7. The summed E-state index contributed by atoms with van der Waals surface area (Å²) in [5, 5.41) is 6.83. The summed E-state index contributed by atoms with van der Waals surface area (Å²) in [6, 6.07) is 1.36. The van der Waals surface area contributed by atoms with Gasteiger partial charge in [0, 0.05) is 31.7 Å². The molecule has 1 aliphatic heterocycles. The highest BCUT2D eigenvalue weighted by Gasteiger charge is 2.23. The van der Waals surface area contributed by atoms with E-state index in [0.717, 1.165) is 19.0 Å². The number of rotatable bonds is 6. The van der Waals surface area contributed by atoms with Crippen molar-refractivity contribution in [2.45, 2.75) is 39.3 Å². The van der Waals surface area contributed by atoms with Crippen LogP contribution >= 0.6 is 0 Å². The fourth-order valence-electron chi connectivity index (χ4n) is 2.26. The molecule has 1 saturated heterocycles. The third kappa shape index (κ3) is 4.49. The molecule has 2 unspecified atom stereocenters. The van der Waals surface area contributed by atoms with Gasteiger partial charge in [-0.15, -0.1) is 0 Å². The molecule has 2 atom stereocenters. The van der Waals surface area contributed by atoms with Crippen LogP contribution in [0.5, 0.6) is 0 Å². The van der Waals surface area contributed by atoms with Crippen LogP contribution < -0.4 is 10.6 Å².